The molecule has 1 heterocycles. The summed E-state index contributed by atoms with van der Waals surface area (Å²) in [6.45, 7) is 3.90. The van der Waals surface area contributed by atoms with Crippen molar-refractivity contribution in [2.24, 2.45) is 0 Å². The average molecular weight is 293 g/mol. The number of nitrogens with one attached hydrogen (secondary N) is 2. The summed E-state index contributed by atoms with van der Waals surface area (Å²) >= 11 is 2.04. The highest BCUT2D eigenvalue weighted by Gasteiger charge is 2.09. The molecule has 2 N–H and O–H groups in total. The number of hydrogen-bond acceptors (Lipinski definition) is 4. The molecular weight excluding hydrogens is 270 g/mol. The molecule has 0 aliphatic carbocycles. The van der Waals surface area contributed by atoms with Crippen molar-refractivity contribution in [3.63, 3.8) is 0 Å². The van der Waals surface area contributed by atoms with Gasteiger partial charge in [-0.05, 0) is 31.2 Å². The molecule has 0 aromatic heterocycles. The van der Waals surface area contributed by atoms with Gasteiger partial charge in [-0.2, -0.15) is 11.8 Å². The predicted octanol–water partition coefficient (Wildman–Crippen LogP) is 1.44. The van der Waals surface area contributed by atoms with Crippen LogP contribution in [0.4, 0.5) is 5.69 Å². The molecule has 20 heavy (non-hydrogen) atoms. The van der Waals surface area contributed by atoms with Crippen LogP contribution in [-0.4, -0.2) is 55.5 Å². The third-order valence-electron chi connectivity index (χ3n) is 3.40. The van der Waals surface area contributed by atoms with Gasteiger partial charge in [0.25, 0.3) is 0 Å². The van der Waals surface area contributed by atoms with E-state index in [0.29, 0.717) is 6.54 Å². The number of carbonyl (C=O) groups excluding carboxylic acids is 1. The molecule has 0 atom stereocenters. The van der Waals surface area contributed by atoms with E-state index in [-0.39, 0.29) is 5.91 Å². The Morgan fingerprint density at radius 2 is 1.95 bits per heavy atom. The zero-order chi connectivity index (χ0) is 14.2. The lowest BCUT2D eigenvalue weighted by atomic mass is 10.1. The fourth-order valence-corrected chi connectivity index (χ4v) is 3.21. The smallest absolute Gasteiger partial charge is 0.238 e. The normalized spacial score (nSPS) is 16.1. The van der Waals surface area contributed by atoms with Crippen molar-refractivity contribution >= 4 is 23.4 Å². The Balaban J connectivity index is 1.77. The molecule has 4 nitrogen and oxygen atoms in total. The van der Waals surface area contributed by atoms with Gasteiger partial charge in [-0.25, -0.2) is 0 Å². The van der Waals surface area contributed by atoms with Gasteiger partial charge < -0.3 is 15.5 Å². The SMILES string of the molecule is CNCC(=O)Nc1ccc(CCN2CCSCC2)cc1. The Bertz CT molecular complexity index is 416. The van der Waals surface area contributed by atoms with Gasteiger partial charge in [0.2, 0.25) is 5.91 Å². The predicted molar refractivity (Wildman–Crippen MR) is 86.5 cm³/mol. The van der Waals surface area contributed by atoms with Crippen molar-refractivity contribution in [2.45, 2.75) is 6.42 Å². The second-order valence-corrected chi connectivity index (χ2v) is 6.20. The first-order valence-corrected chi connectivity index (χ1v) is 8.27. The summed E-state index contributed by atoms with van der Waals surface area (Å²) in [4.78, 5) is 14.0. The molecule has 0 bridgehead atoms. The monoisotopic (exact) mass is 293 g/mol. The van der Waals surface area contributed by atoms with Crippen LogP contribution in [0.3, 0.4) is 0 Å². The fraction of sp³-hybridized carbons (Fsp3) is 0.533. The molecule has 5 heteroatoms. The Labute approximate surface area is 125 Å². The topological polar surface area (TPSA) is 44.4 Å². The van der Waals surface area contributed by atoms with Gasteiger partial charge in [0.15, 0.2) is 0 Å². The van der Waals surface area contributed by atoms with Crippen LogP contribution in [0.1, 0.15) is 5.56 Å². The first kappa shape index (κ1) is 15.4. The van der Waals surface area contributed by atoms with Crippen molar-refractivity contribution in [2.75, 3.05) is 50.0 Å². The minimum absolute atomic E-state index is 0.00827. The molecule has 1 aliphatic heterocycles. The second-order valence-electron chi connectivity index (χ2n) is 4.98. The lowest BCUT2D eigenvalue weighted by Crippen LogP contribution is -2.34. The lowest BCUT2D eigenvalue weighted by Gasteiger charge is -2.26. The van der Waals surface area contributed by atoms with Crippen LogP contribution in [0.25, 0.3) is 0 Å². The molecule has 1 aromatic carbocycles. The first-order valence-electron chi connectivity index (χ1n) is 7.11. The van der Waals surface area contributed by atoms with Gasteiger partial charge >= 0.3 is 0 Å². The summed E-state index contributed by atoms with van der Waals surface area (Å²) in [5.41, 5.74) is 2.19. The van der Waals surface area contributed by atoms with Crippen LogP contribution in [0.15, 0.2) is 24.3 Å². The third kappa shape index (κ3) is 5.15. The van der Waals surface area contributed by atoms with Gasteiger partial charge in [-0.1, -0.05) is 12.1 Å². The van der Waals surface area contributed by atoms with Crippen LogP contribution in [0, 0.1) is 0 Å². The van der Waals surface area contributed by atoms with Crippen LogP contribution < -0.4 is 10.6 Å². The number of carbonyl (C=O) groups is 1. The van der Waals surface area contributed by atoms with Gasteiger partial charge in [0.05, 0.1) is 6.54 Å². The summed E-state index contributed by atoms with van der Waals surface area (Å²) in [5.74, 6) is 2.51. The molecule has 110 valence electrons. The second kappa shape index (κ2) is 8.29. The Hall–Kier alpha value is -1.04. The highest BCUT2D eigenvalue weighted by molar-refractivity contribution is 7.99. The number of thioether (sulfide) groups is 1. The first-order chi connectivity index (χ1) is 9.78. The summed E-state index contributed by atoms with van der Waals surface area (Å²) in [7, 11) is 1.77. The van der Waals surface area contributed by atoms with Gasteiger partial charge in [-0.3, -0.25) is 4.79 Å². The van der Waals surface area contributed by atoms with Crippen molar-refractivity contribution < 1.29 is 4.79 Å². The van der Waals surface area contributed by atoms with E-state index >= 15 is 0 Å². The zero-order valence-electron chi connectivity index (χ0n) is 12.0. The third-order valence-corrected chi connectivity index (χ3v) is 4.34. The molecule has 2 rings (SSSR count). The summed E-state index contributed by atoms with van der Waals surface area (Å²) in [6.07, 6.45) is 1.08. The van der Waals surface area contributed by atoms with E-state index in [0.717, 1.165) is 18.7 Å². The van der Waals surface area contributed by atoms with E-state index < -0.39 is 0 Å². The molecular formula is C15H23N3OS. The molecule has 0 spiro atoms. The van der Waals surface area contributed by atoms with E-state index in [1.54, 1.807) is 7.05 Å². The van der Waals surface area contributed by atoms with E-state index in [2.05, 4.69) is 27.7 Å². The van der Waals surface area contributed by atoms with E-state index in [1.807, 2.05) is 23.9 Å². The molecule has 1 fully saturated rings. The Morgan fingerprint density at radius 1 is 1.25 bits per heavy atom. The van der Waals surface area contributed by atoms with Crippen molar-refractivity contribution in [1.82, 2.24) is 10.2 Å². The van der Waals surface area contributed by atoms with Crippen molar-refractivity contribution in [1.29, 1.82) is 0 Å². The summed E-state index contributed by atoms with van der Waals surface area (Å²) in [6, 6.07) is 8.17. The molecule has 0 unspecified atom stereocenters. The number of anilines is 1. The number of amides is 1. The lowest BCUT2D eigenvalue weighted by molar-refractivity contribution is -0.115. The maximum absolute atomic E-state index is 11.4. The molecule has 1 amide bonds. The van der Waals surface area contributed by atoms with E-state index in [9.17, 15) is 4.79 Å². The van der Waals surface area contributed by atoms with Gasteiger partial charge in [-0.15, -0.1) is 0 Å². The largest absolute Gasteiger partial charge is 0.325 e. The molecule has 0 radical (unpaired) electrons. The van der Waals surface area contributed by atoms with E-state index in [4.69, 9.17) is 0 Å². The molecule has 0 saturated carbocycles. The number of benzene rings is 1. The highest BCUT2D eigenvalue weighted by atomic mass is 32.2. The van der Waals surface area contributed by atoms with Gasteiger partial charge in [0.1, 0.15) is 0 Å². The highest BCUT2D eigenvalue weighted by Crippen LogP contribution is 2.12. The molecule has 1 aliphatic rings. The van der Waals surface area contributed by atoms with Crippen molar-refractivity contribution in [3.05, 3.63) is 29.8 Å². The van der Waals surface area contributed by atoms with Gasteiger partial charge in [0, 0.05) is 36.8 Å². The number of nitrogens with zero attached hydrogens (tertiary/aromatic N) is 1. The molecule has 1 saturated heterocycles. The minimum atomic E-state index is -0.00827. The summed E-state index contributed by atoms with van der Waals surface area (Å²) < 4.78 is 0. The maximum atomic E-state index is 11.4. The number of likely N-dealkylation sites (N-methyl/N-ethyl adjacent to an activating group) is 1. The summed E-state index contributed by atoms with van der Waals surface area (Å²) in [5, 5.41) is 5.70. The van der Waals surface area contributed by atoms with E-state index in [1.165, 1.54) is 30.2 Å². The average Bonchev–Trinajstić information content (AvgIpc) is 2.48. The number of hydrogen-bond donors (Lipinski definition) is 2. The van der Waals surface area contributed by atoms with Crippen LogP contribution in [-0.2, 0) is 11.2 Å². The quantitative estimate of drug-likeness (QED) is 0.833. The molecule has 1 aromatic rings. The van der Waals surface area contributed by atoms with Crippen LogP contribution in [0.2, 0.25) is 0 Å². The minimum Gasteiger partial charge on any atom is -0.325 e. The zero-order valence-corrected chi connectivity index (χ0v) is 12.8. The van der Waals surface area contributed by atoms with Crippen LogP contribution in [0.5, 0.6) is 0 Å². The Morgan fingerprint density at radius 3 is 2.60 bits per heavy atom. The number of rotatable bonds is 6. The van der Waals surface area contributed by atoms with Crippen LogP contribution >= 0.6 is 11.8 Å². The standard InChI is InChI=1S/C15H23N3OS/c1-16-12-15(19)17-14-4-2-13(3-5-14)6-7-18-8-10-20-11-9-18/h2-5,16H,6-12H2,1H3,(H,17,19). The maximum Gasteiger partial charge on any atom is 0.238 e. The fourth-order valence-electron chi connectivity index (χ4n) is 2.23. The Kier molecular flexibility index (Phi) is 6.36. The van der Waals surface area contributed by atoms with Crippen molar-refractivity contribution in [3.8, 4) is 0 Å².